The highest BCUT2D eigenvalue weighted by Gasteiger charge is 2.21. The summed E-state index contributed by atoms with van der Waals surface area (Å²) < 4.78 is 2.05. The third-order valence-corrected chi connectivity index (χ3v) is 5.57. The van der Waals surface area contributed by atoms with Gasteiger partial charge in [0.1, 0.15) is 5.69 Å². The Balaban J connectivity index is 0.00000243. The molecule has 0 aliphatic carbocycles. The van der Waals surface area contributed by atoms with Gasteiger partial charge in [0.2, 0.25) is 0 Å². The number of amides is 1. The predicted octanol–water partition coefficient (Wildman–Crippen LogP) is 4.16. The summed E-state index contributed by atoms with van der Waals surface area (Å²) in [5, 5.41) is 1.19. The Morgan fingerprint density at radius 3 is 2.54 bits per heavy atom. The average molecular weight is 378 g/mol. The molecule has 5 heteroatoms. The fraction of sp³-hybridized carbons (Fsp3) is 0.571. The fourth-order valence-electron chi connectivity index (χ4n) is 4.04. The highest BCUT2D eigenvalue weighted by Crippen LogP contribution is 2.26. The van der Waals surface area contributed by atoms with Crippen molar-refractivity contribution in [3.8, 4) is 0 Å². The lowest BCUT2D eigenvalue weighted by atomic mass is 10.1. The Bertz CT molecular complexity index is 762. The van der Waals surface area contributed by atoms with Gasteiger partial charge < -0.3 is 14.4 Å². The first-order chi connectivity index (χ1) is 12.0. The van der Waals surface area contributed by atoms with E-state index in [0.29, 0.717) is 0 Å². The van der Waals surface area contributed by atoms with Crippen LogP contribution in [0.3, 0.4) is 0 Å². The number of hydrogen-bond donors (Lipinski definition) is 0. The van der Waals surface area contributed by atoms with Crippen LogP contribution in [0.4, 0.5) is 0 Å². The van der Waals surface area contributed by atoms with E-state index in [9.17, 15) is 4.79 Å². The smallest absolute Gasteiger partial charge is 0.270 e. The van der Waals surface area contributed by atoms with Crippen molar-refractivity contribution in [1.82, 2.24) is 14.4 Å². The van der Waals surface area contributed by atoms with Gasteiger partial charge in [-0.1, -0.05) is 18.1 Å². The van der Waals surface area contributed by atoms with Gasteiger partial charge in [0.15, 0.2) is 0 Å². The quantitative estimate of drug-likeness (QED) is 0.782. The molecule has 0 bridgehead atoms. The molecule has 26 heavy (non-hydrogen) atoms. The van der Waals surface area contributed by atoms with Crippen LogP contribution in [0.2, 0.25) is 0 Å². The van der Waals surface area contributed by atoms with Gasteiger partial charge in [-0.25, -0.2) is 0 Å². The predicted molar refractivity (Wildman–Crippen MR) is 112 cm³/mol. The van der Waals surface area contributed by atoms with E-state index in [1.54, 1.807) is 0 Å². The second-order valence-corrected chi connectivity index (χ2v) is 7.54. The number of carbonyl (C=O) groups is 1. The van der Waals surface area contributed by atoms with Crippen LogP contribution >= 0.6 is 12.4 Å². The monoisotopic (exact) mass is 377 g/mol. The van der Waals surface area contributed by atoms with Crippen molar-refractivity contribution in [2.45, 2.75) is 39.5 Å². The van der Waals surface area contributed by atoms with E-state index in [1.807, 2.05) is 23.6 Å². The largest absolute Gasteiger partial charge is 0.340 e. The van der Waals surface area contributed by atoms with Crippen LogP contribution in [0.15, 0.2) is 18.2 Å². The van der Waals surface area contributed by atoms with Gasteiger partial charge in [0, 0.05) is 31.5 Å². The van der Waals surface area contributed by atoms with Gasteiger partial charge >= 0.3 is 0 Å². The molecule has 0 spiro atoms. The third kappa shape index (κ3) is 4.24. The highest BCUT2D eigenvalue weighted by atomic mass is 35.5. The third-order valence-electron chi connectivity index (χ3n) is 5.57. The second kappa shape index (κ2) is 8.92. The number of rotatable bonds is 5. The number of nitrogens with zero attached hydrogens (tertiary/aromatic N) is 3. The van der Waals surface area contributed by atoms with Crippen molar-refractivity contribution >= 4 is 29.2 Å². The van der Waals surface area contributed by atoms with Crippen LogP contribution < -0.4 is 0 Å². The van der Waals surface area contributed by atoms with E-state index in [4.69, 9.17) is 0 Å². The first-order valence-corrected chi connectivity index (χ1v) is 9.52. The molecule has 2 heterocycles. The first kappa shape index (κ1) is 20.8. The zero-order valence-electron chi connectivity index (χ0n) is 16.5. The number of piperidine rings is 1. The summed E-state index contributed by atoms with van der Waals surface area (Å²) in [5.74, 6) is 0.132. The van der Waals surface area contributed by atoms with Crippen LogP contribution in [0.25, 0.3) is 10.9 Å². The summed E-state index contributed by atoms with van der Waals surface area (Å²) in [6, 6.07) is 6.40. The Morgan fingerprint density at radius 2 is 1.85 bits per heavy atom. The number of aryl methyl sites for hydroxylation is 3. The van der Waals surface area contributed by atoms with E-state index < -0.39 is 0 Å². The van der Waals surface area contributed by atoms with Crippen LogP contribution in [-0.4, -0.2) is 53.5 Å². The van der Waals surface area contributed by atoms with Crippen LogP contribution in [0.5, 0.6) is 0 Å². The van der Waals surface area contributed by atoms with Crippen molar-refractivity contribution in [3.05, 3.63) is 35.0 Å². The zero-order chi connectivity index (χ0) is 18.0. The molecule has 144 valence electrons. The summed E-state index contributed by atoms with van der Waals surface area (Å²) in [4.78, 5) is 17.4. The van der Waals surface area contributed by atoms with E-state index in [-0.39, 0.29) is 18.3 Å². The molecule has 1 fully saturated rings. The van der Waals surface area contributed by atoms with E-state index >= 15 is 0 Å². The molecular formula is C21H32ClN3O. The molecule has 0 saturated carbocycles. The summed E-state index contributed by atoms with van der Waals surface area (Å²) in [6.45, 7) is 8.52. The topological polar surface area (TPSA) is 28.5 Å². The number of aromatic nitrogens is 1. The summed E-state index contributed by atoms with van der Waals surface area (Å²) in [7, 11) is 3.93. The molecule has 1 aromatic carbocycles. The minimum Gasteiger partial charge on any atom is -0.340 e. The van der Waals surface area contributed by atoms with Crippen LogP contribution in [0.1, 0.15) is 47.3 Å². The maximum Gasteiger partial charge on any atom is 0.270 e. The average Bonchev–Trinajstić information content (AvgIpc) is 2.85. The maximum atomic E-state index is 13.0. The standard InChI is InChI=1S/C21H31N3O.ClH/c1-16-9-10-19-18(15-16)17(2)20(23(19)4)21(25)22(3)11-8-14-24-12-6-5-7-13-24;/h9-10,15H,5-8,11-14H2,1-4H3;1H. The number of benzene rings is 1. The minimum absolute atomic E-state index is 0. The second-order valence-electron chi connectivity index (χ2n) is 7.54. The molecule has 1 amide bonds. The molecule has 4 nitrogen and oxygen atoms in total. The normalized spacial score (nSPS) is 15.1. The van der Waals surface area contributed by atoms with E-state index in [2.05, 4.69) is 36.9 Å². The molecule has 1 aliphatic rings. The molecule has 1 saturated heterocycles. The number of halogens is 1. The molecule has 1 aliphatic heterocycles. The van der Waals surface area contributed by atoms with Crippen molar-refractivity contribution in [2.75, 3.05) is 33.2 Å². The molecule has 0 unspecified atom stereocenters. The lowest BCUT2D eigenvalue weighted by molar-refractivity contribution is 0.0777. The van der Waals surface area contributed by atoms with Crippen LogP contribution in [-0.2, 0) is 7.05 Å². The van der Waals surface area contributed by atoms with Gasteiger partial charge in [-0.05, 0) is 70.4 Å². The Hall–Kier alpha value is -1.52. The van der Waals surface area contributed by atoms with Gasteiger partial charge in [-0.15, -0.1) is 12.4 Å². The number of likely N-dealkylation sites (tertiary alicyclic amines) is 1. The van der Waals surface area contributed by atoms with Gasteiger partial charge in [0.05, 0.1) is 0 Å². The molecule has 3 rings (SSSR count). The van der Waals surface area contributed by atoms with Crippen LogP contribution in [0, 0.1) is 13.8 Å². The zero-order valence-corrected chi connectivity index (χ0v) is 17.4. The van der Waals surface area contributed by atoms with Crippen molar-refractivity contribution in [3.63, 3.8) is 0 Å². The van der Waals surface area contributed by atoms with E-state index in [1.165, 1.54) is 43.3 Å². The molecule has 0 N–H and O–H groups in total. The molecule has 0 radical (unpaired) electrons. The van der Waals surface area contributed by atoms with E-state index in [0.717, 1.165) is 36.3 Å². The van der Waals surface area contributed by atoms with Gasteiger partial charge in [-0.3, -0.25) is 4.79 Å². The number of fused-ring (bicyclic) bond motifs is 1. The number of carbonyl (C=O) groups excluding carboxylic acids is 1. The molecule has 1 aromatic heterocycles. The molecule has 2 aromatic rings. The lowest BCUT2D eigenvalue weighted by Crippen LogP contribution is -2.34. The summed E-state index contributed by atoms with van der Waals surface area (Å²) in [5.41, 5.74) is 4.28. The number of hydrogen-bond acceptors (Lipinski definition) is 2. The van der Waals surface area contributed by atoms with Gasteiger partial charge in [-0.2, -0.15) is 0 Å². The highest BCUT2D eigenvalue weighted by molar-refractivity contribution is 6.01. The van der Waals surface area contributed by atoms with Crippen molar-refractivity contribution < 1.29 is 4.79 Å². The molecule has 0 atom stereocenters. The van der Waals surface area contributed by atoms with Crippen molar-refractivity contribution in [1.29, 1.82) is 0 Å². The van der Waals surface area contributed by atoms with Gasteiger partial charge in [0.25, 0.3) is 5.91 Å². The Kier molecular flexibility index (Phi) is 7.13. The molecular weight excluding hydrogens is 346 g/mol. The summed E-state index contributed by atoms with van der Waals surface area (Å²) >= 11 is 0. The van der Waals surface area contributed by atoms with Crippen molar-refractivity contribution in [2.24, 2.45) is 7.05 Å². The summed E-state index contributed by atoms with van der Waals surface area (Å²) in [6.07, 6.45) is 5.06. The Labute approximate surface area is 163 Å². The maximum absolute atomic E-state index is 13.0. The first-order valence-electron chi connectivity index (χ1n) is 9.52. The SMILES string of the molecule is Cc1ccc2c(c1)c(C)c(C(=O)N(C)CCCN1CCCCC1)n2C.Cl. The Morgan fingerprint density at radius 1 is 1.15 bits per heavy atom. The minimum atomic E-state index is 0. The fourth-order valence-corrected chi connectivity index (χ4v) is 4.04. The lowest BCUT2D eigenvalue weighted by Gasteiger charge is -2.27.